The first kappa shape index (κ1) is 14.4. The Bertz CT molecular complexity index is 313. The second-order valence-corrected chi connectivity index (χ2v) is 4.80. The van der Waals surface area contributed by atoms with Crippen molar-refractivity contribution in [1.82, 2.24) is 14.9 Å². The maximum Gasteiger partial charge on any atom is 0.147 e. The number of rotatable bonds is 7. The van der Waals surface area contributed by atoms with Gasteiger partial charge in [0, 0.05) is 12.6 Å². The predicted molar refractivity (Wildman–Crippen MR) is 72.1 cm³/mol. The van der Waals surface area contributed by atoms with Crippen molar-refractivity contribution in [2.45, 2.75) is 52.6 Å². The predicted octanol–water partition coefficient (Wildman–Crippen LogP) is 3.53. The highest BCUT2D eigenvalue weighted by molar-refractivity contribution is 6.29. The Labute approximate surface area is 109 Å². The summed E-state index contributed by atoms with van der Waals surface area (Å²) < 4.78 is 0. The minimum atomic E-state index is 0.456. The second-order valence-electron chi connectivity index (χ2n) is 4.41. The summed E-state index contributed by atoms with van der Waals surface area (Å²) in [6, 6.07) is 0.582. The highest BCUT2D eigenvalue weighted by Gasteiger charge is 2.12. The molecule has 0 spiro atoms. The van der Waals surface area contributed by atoms with Crippen LogP contribution in [-0.4, -0.2) is 27.5 Å². The summed E-state index contributed by atoms with van der Waals surface area (Å²) >= 11 is 5.73. The van der Waals surface area contributed by atoms with Gasteiger partial charge in [-0.1, -0.05) is 31.9 Å². The molecule has 0 saturated carbocycles. The zero-order valence-electron chi connectivity index (χ0n) is 11.0. The van der Waals surface area contributed by atoms with Crippen molar-refractivity contribution >= 4 is 11.6 Å². The van der Waals surface area contributed by atoms with Crippen molar-refractivity contribution in [3.8, 4) is 0 Å². The molecule has 4 heteroatoms. The number of aromatic nitrogens is 2. The Balaban J connectivity index is 2.61. The molecule has 0 saturated heterocycles. The Morgan fingerprint density at radius 2 is 2.06 bits per heavy atom. The van der Waals surface area contributed by atoms with Crippen molar-refractivity contribution in [2.75, 3.05) is 6.54 Å². The van der Waals surface area contributed by atoms with Gasteiger partial charge in [0.1, 0.15) is 5.15 Å². The molecule has 0 amide bonds. The van der Waals surface area contributed by atoms with E-state index in [2.05, 4.69) is 35.6 Å². The fourth-order valence-corrected chi connectivity index (χ4v) is 1.80. The molecular formula is C13H22ClN3. The molecule has 0 aliphatic carbocycles. The van der Waals surface area contributed by atoms with E-state index in [0.29, 0.717) is 11.2 Å². The van der Waals surface area contributed by atoms with Crippen LogP contribution >= 0.6 is 11.6 Å². The molecule has 0 N–H and O–H groups in total. The fraction of sp³-hybridized carbons (Fsp3) is 0.692. The summed E-state index contributed by atoms with van der Waals surface area (Å²) in [4.78, 5) is 10.8. The van der Waals surface area contributed by atoms with Crippen LogP contribution in [0.5, 0.6) is 0 Å². The summed E-state index contributed by atoms with van der Waals surface area (Å²) in [5.74, 6) is 0. The molecule has 1 unspecified atom stereocenters. The van der Waals surface area contributed by atoms with Crippen LogP contribution in [0.1, 0.15) is 45.7 Å². The van der Waals surface area contributed by atoms with Crippen LogP contribution in [0.4, 0.5) is 0 Å². The van der Waals surface area contributed by atoms with Crippen molar-refractivity contribution in [3.05, 3.63) is 23.2 Å². The van der Waals surface area contributed by atoms with Gasteiger partial charge in [-0.3, -0.25) is 9.88 Å². The van der Waals surface area contributed by atoms with Gasteiger partial charge >= 0.3 is 0 Å². The molecule has 0 aliphatic rings. The zero-order valence-corrected chi connectivity index (χ0v) is 11.7. The maximum atomic E-state index is 5.73. The van der Waals surface area contributed by atoms with Crippen LogP contribution < -0.4 is 0 Å². The third-order valence-electron chi connectivity index (χ3n) is 3.05. The first-order chi connectivity index (χ1) is 8.17. The normalized spacial score (nSPS) is 13.0. The maximum absolute atomic E-state index is 5.73. The Hall–Kier alpha value is -0.670. The molecule has 3 nitrogen and oxygen atoms in total. The monoisotopic (exact) mass is 255 g/mol. The van der Waals surface area contributed by atoms with Gasteiger partial charge in [0.15, 0.2) is 0 Å². The van der Waals surface area contributed by atoms with Crippen molar-refractivity contribution < 1.29 is 0 Å². The molecule has 0 fully saturated rings. The molecule has 0 aliphatic heterocycles. The lowest BCUT2D eigenvalue weighted by Gasteiger charge is -2.27. The van der Waals surface area contributed by atoms with E-state index in [1.165, 1.54) is 12.8 Å². The summed E-state index contributed by atoms with van der Waals surface area (Å²) in [6.45, 7) is 8.68. The molecule has 1 aromatic rings. The van der Waals surface area contributed by atoms with Gasteiger partial charge in [-0.05, 0) is 26.3 Å². The Morgan fingerprint density at radius 1 is 1.29 bits per heavy atom. The van der Waals surface area contributed by atoms with Gasteiger partial charge in [-0.25, -0.2) is 4.98 Å². The summed E-state index contributed by atoms with van der Waals surface area (Å²) in [5, 5.41) is 0.456. The molecule has 0 radical (unpaired) electrons. The fourth-order valence-electron chi connectivity index (χ4n) is 1.70. The molecule has 17 heavy (non-hydrogen) atoms. The van der Waals surface area contributed by atoms with E-state index in [-0.39, 0.29) is 0 Å². The largest absolute Gasteiger partial charge is 0.295 e. The van der Waals surface area contributed by atoms with E-state index < -0.39 is 0 Å². The van der Waals surface area contributed by atoms with Crippen LogP contribution in [0.25, 0.3) is 0 Å². The third-order valence-corrected chi connectivity index (χ3v) is 3.25. The molecule has 1 heterocycles. The topological polar surface area (TPSA) is 29.0 Å². The number of unbranched alkanes of at least 4 members (excludes halogenated alkanes) is 1. The molecule has 96 valence electrons. The number of hydrogen-bond donors (Lipinski definition) is 0. The lowest BCUT2D eigenvalue weighted by molar-refractivity contribution is 0.190. The average Bonchev–Trinajstić information content (AvgIpc) is 2.36. The van der Waals surface area contributed by atoms with Crippen molar-refractivity contribution in [3.63, 3.8) is 0 Å². The minimum absolute atomic E-state index is 0.456. The van der Waals surface area contributed by atoms with E-state index in [1.807, 2.05) is 0 Å². The van der Waals surface area contributed by atoms with Crippen LogP contribution in [0.3, 0.4) is 0 Å². The van der Waals surface area contributed by atoms with Crippen LogP contribution in [0, 0.1) is 0 Å². The third kappa shape index (κ3) is 5.00. The molecule has 1 atom stereocenters. The Kier molecular flexibility index (Phi) is 6.45. The lowest BCUT2D eigenvalue weighted by Crippen LogP contribution is -2.33. The summed E-state index contributed by atoms with van der Waals surface area (Å²) in [6.07, 6.45) is 6.99. The quantitative estimate of drug-likeness (QED) is 0.746. The first-order valence-electron chi connectivity index (χ1n) is 6.37. The molecule has 0 aromatic carbocycles. The standard InChI is InChI=1S/C13H22ClN3/c1-4-6-7-17(11(3)5-2)10-12-8-16-13(14)9-15-12/h8-9,11H,4-7,10H2,1-3H3. The highest BCUT2D eigenvalue weighted by Crippen LogP contribution is 2.11. The van der Waals surface area contributed by atoms with Gasteiger partial charge in [0.2, 0.25) is 0 Å². The van der Waals surface area contributed by atoms with E-state index in [1.54, 1.807) is 12.4 Å². The van der Waals surface area contributed by atoms with Gasteiger partial charge in [-0.2, -0.15) is 0 Å². The van der Waals surface area contributed by atoms with Gasteiger partial charge in [0.05, 0.1) is 18.1 Å². The second kappa shape index (κ2) is 7.62. The SMILES string of the molecule is CCCCN(Cc1cnc(Cl)cn1)C(C)CC. The highest BCUT2D eigenvalue weighted by atomic mass is 35.5. The number of halogens is 1. The zero-order chi connectivity index (χ0) is 12.7. The average molecular weight is 256 g/mol. The lowest BCUT2D eigenvalue weighted by atomic mass is 10.2. The van der Waals surface area contributed by atoms with E-state index in [9.17, 15) is 0 Å². The molecule has 1 aromatic heterocycles. The molecule has 1 rings (SSSR count). The summed E-state index contributed by atoms with van der Waals surface area (Å²) in [7, 11) is 0. The van der Waals surface area contributed by atoms with E-state index in [0.717, 1.165) is 25.2 Å². The van der Waals surface area contributed by atoms with Crippen LogP contribution in [-0.2, 0) is 6.54 Å². The first-order valence-corrected chi connectivity index (χ1v) is 6.75. The minimum Gasteiger partial charge on any atom is -0.295 e. The van der Waals surface area contributed by atoms with Crippen molar-refractivity contribution in [2.24, 2.45) is 0 Å². The smallest absolute Gasteiger partial charge is 0.147 e. The number of hydrogen-bond acceptors (Lipinski definition) is 3. The molecular weight excluding hydrogens is 234 g/mol. The van der Waals surface area contributed by atoms with Crippen LogP contribution in [0.15, 0.2) is 12.4 Å². The van der Waals surface area contributed by atoms with E-state index >= 15 is 0 Å². The molecule has 0 bridgehead atoms. The van der Waals surface area contributed by atoms with Crippen molar-refractivity contribution in [1.29, 1.82) is 0 Å². The van der Waals surface area contributed by atoms with E-state index in [4.69, 9.17) is 11.6 Å². The Morgan fingerprint density at radius 3 is 2.59 bits per heavy atom. The van der Waals surface area contributed by atoms with Gasteiger partial charge in [-0.15, -0.1) is 0 Å². The summed E-state index contributed by atoms with van der Waals surface area (Å²) in [5.41, 5.74) is 0.991. The number of nitrogens with zero attached hydrogens (tertiary/aromatic N) is 3. The van der Waals surface area contributed by atoms with Crippen LogP contribution in [0.2, 0.25) is 5.15 Å². The van der Waals surface area contributed by atoms with Gasteiger partial charge < -0.3 is 0 Å². The van der Waals surface area contributed by atoms with Gasteiger partial charge in [0.25, 0.3) is 0 Å².